The van der Waals surface area contributed by atoms with Crippen LogP contribution in [0.3, 0.4) is 0 Å². The smallest absolute Gasteiger partial charge is 0.161 e. The van der Waals surface area contributed by atoms with Gasteiger partial charge in [0.1, 0.15) is 0 Å². The minimum absolute atomic E-state index is 0.278. The standard InChI is InChI=1S/C15H22O3/c1-4-12-14(18-12)9-10(3)11-7-6-8-13(15(11)16)17-5-2/h6-8,10,12,14,16H,4-5,9H2,1-3H3. The molecule has 3 nitrogen and oxygen atoms in total. The van der Waals surface area contributed by atoms with Crippen molar-refractivity contribution in [3.63, 3.8) is 0 Å². The van der Waals surface area contributed by atoms with Gasteiger partial charge in [0.2, 0.25) is 0 Å². The fraction of sp³-hybridized carbons (Fsp3) is 0.600. The Kier molecular flexibility index (Phi) is 4.12. The maximum absolute atomic E-state index is 10.2. The molecule has 1 heterocycles. The van der Waals surface area contributed by atoms with Crippen molar-refractivity contribution in [3.05, 3.63) is 23.8 Å². The summed E-state index contributed by atoms with van der Waals surface area (Å²) >= 11 is 0. The molecule has 1 N–H and O–H groups in total. The molecule has 3 heteroatoms. The van der Waals surface area contributed by atoms with Crippen LogP contribution in [-0.2, 0) is 4.74 Å². The molecule has 18 heavy (non-hydrogen) atoms. The van der Waals surface area contributed by atoms with E-state index in [2.05, 4.69) is 13.8 Å². The summed E-state index contributed by atoms with van der Waals surface area (Å²) in [5, 5.41) is 10.2. The maximum Gasteiger partial charge on any atom is 0.161 e. The molecule has 2 rings (SSSR count). The first-order valence-corrected chi connectivity index (χ1v) is 6.77. The Bertz CT molecular complexity index is 403. The van der Waals surface area contributed by atoms with Crippen LogP contribution in [0.1, 0.15) is 45.1 Å². The van der Waals surface area contributed by atoms with Crippen LogP contribution in [0.25, 0.3) is 0 Å². The number of hydrogen-bond donors (Lipinski definition) is 1. The van der Waals surface area contributed by atoms with Crippen LogP contribution in [0.4, 0.5) is 0 Å². The molecule has 0 amide bonds. The van der Waals surface area contributed by atoms with Gasteiger partial charge in [0.15, 0.2) is 11.5 Å². The van der Waals surface area contributed by atoms with Gasteiger partial charge in [0.25, 0.3) is 0 Å². The number of aromatic hydroxyl groups is 1. The summed E-state index contributed by atoms with van der Waals surface area (Å²) in [6.07, 6.45) is 2.81. The average Bonchev–Trinajstić information content (AvgIpc) is 3.10. The highest BCUT2D eigenvalue weighted by Gasteiger charge is 2.38. The van der Waals surface area contributed by atoms with Crippen LogP contribution in [0, 0.1) is 0 Å². The molecular formula is C15H22O3. The van der Waals surface area contributed by atoms with E-state index in [1.807, 2.05) is 19.1 Å². The highest BCUT2D eigenvalue weighted by molar-refractivity contribution is 5.47. The summed E-state index contributed by atoms with van der Waals surface area (Å²) in [7, 11) is 0. The third-order valence-corrected chi connectivity index (χ3v) is 3.54. The highest BCUT2D eigenvalue weighted by Crippen LogP contribution is 2.40. The van der Waals surface area contributed by atoms with E-state index in [0.717, 1.165) is 18.4 Å². The topological polar surface area (TPSA) is 42.0 Å². The molecule has 0 bridgehead atoms. The number of phenolic OH excluding ortho intramolecular Hbond substituents is 1. The monoisotopic (exact) mass is 250 g/mol. The second-order valence-electron chi connectivity index (χ2n) is 4.88. The summed E-state index contributed by atoms with van der Waals surface area (Å²) in [4.78, 5) is 0. The zero-order valence-electron chi connectivity index (χ0n) is 11.3. The summed E-state index contributed by atoms with van der Waals surface area (Å²) in [6, 6.07) is 5.70. The minimum atomic E-state index is 0.278. The quantitative estimate of drug-likeness (QED) is 0.786. The van der Waals surface area contributed by atoms with Crippen LogP contribution >= 0.6 is 0 Å². The van der Waals surface area contributed by atoms with Crippen molar-refractivity contribution in [2.75, 3.05) is 6.61 Å². The number of hydrogen-bond acceptors (Lipinski definition) is 3. The van der Waals surface area contributed by atoms with E-state index < -0.39 is 0 Å². The summed E-state index contributed by atoms with van der Waals surface area (Å²) < 4.78 is 11.0. The first-order chi connectivity index (χ1) is 8.67. The summed E-state index contributed by atoms with van der Waals surface area (Å²) in [5.41, 5.74) is 0.950. The first kappa shape index (κ1) is 13.2. The minimum Gasteiger partial charge on any atom is -0.504 e. The second-order valence-corrected chi connectivity index (χ2v) is 4.88. The number of benzene rings is 1. The fourth-order valence-corrected chi connectivity index (χ4v) is 2.43. The van der Waals surface area contributed by atoms with Crippen molar-refractivity contribution in [1.82, 2.24) is 0 Å². The van der Waals surface area contributed by atoms with Crippen LogP contribution < -0.4 is 4.74 Å². The lowest BCUT2D eigenvalue weighted by molar-refractivity contribution is 0.314. The molecule has 3 unspecified atom stereocenters. The molecule has 1 aliphatic heterocycles. The van der Waals surface area contributed by atoms with Gasteiger partial charge in [0, 0.05) is 5.56 Å². The van der Waals surface area contributed by atoms with E-state index >= 15 is 0 Å². The van der Waals surface area contributed by atoms with E-state index in [-0.39, 0.29) is 11.7 Å². The molecule has 0 saturated carbocycles. The van der Waals surface area contributed by atoms with Crippen molar-refractivity contribution in [1.29, 1.82) is 0 Å². The Hall–Kier alpha value is -1.22. The molecule has 0 spiro atoms. The lowest BCUT2D eigenvalue weighted by Gasteiger charge is -2.15. The van der Waals surface area contributed by atoms with E-state index in [0.29, 0.717) is 24.6 Å². The van der Waals surface area contributed by atoms with Crippen LogP contribution in [0.15, 0.2) is 18.2 Å². The third-order valence-electron chi connectivity index (χ3n) is 3.54. The predicted molar refractivity (Wildman–Crippen MR) is 71.3 cm³/mol. The van der Waals surface area contributed by atoms with E-state index in [9.17, 15) is 5.11 Å². The van der Waals surface area contributed by atoms with Crippen molar-refractivity contribution in [2.24, 2.45) is 0 Å². The van der Waals surface area contributed by atoms with E-state index in [1.54, 1.807) is 6.07 Å². The predicted octanol–water partition coefficient (Wildman–Crippen LogP) is 3.46. The van der Waals surface area contributed by atoms with Gasteiger partial charge in [0.05, 0.1) is 18.8 Å². The van der Waals surface area contributed by atoms with Gasteiger partial charge >= 0.3 is 0 Å². The normalized spacial score (nSPS) is 23.7. The Morgan fingerprint density at radius 1 is 1.33 bits per heavy atom. The Morgan fingerprint density at radius 2 is 2.11 bits per heavy atom. The zero-order valence-corrected chi connectivity index (χ0v) is 11.3. The van der Waals surface area contributed by atoms with Crippen molar-refractivity contribution >= 4 is 0 Å². The molecule has 0 aromatic heterocycles. The van der Waals surface area contributed by atoms with Gasteiger partial charge in [-0.25, -0.2) is 0 Å². The molecule has 0 aliphatic carbocycles. The molecule has 100 valence electrons. The number of para-hydroxylation sites is 1. The summed E-state index contributed by atoms with van der Waals surface area (Å²) in [5.74, 6) is 1.14. The molecule has 1 fully saturated rings. The van der Waals surface area contributed by atoms with Gasteiger partial charge in [-0.05, 0) is 31.7 Å². The zero-order chi connectivity index (χ0) is 13.1. The average molecular weight is 250 g/mol. The molecule has 3 atom stereocenters. The highest BCUT2D eigenvalue weighted by atomic mass is 16.6. The largest absolute Gasteiger partial charge is 0.504 e. The number of phenols is 1. The number of rotatable bonds is 6. The van der Waals surface area contributed by atoms with Crippen molar-refractivity contribution in [2.45, 2.75) is 51.7 Å². The lowest BCUT2D eigenvalue weighted by atomic mass is 9.94. The Morgan fingerprint density at radius 3 is 2.72 bits per heavy atom. The first-order valence-electron chi connectivity index (χ1n) is 6.77. The van der Waals surface area contributed by atoms with Gasteiger partial charge in [-0.15, -0.1) is 0 Å². The van der Waals surface area contributed by atoms with Crippen LogP contribution in [0.2, 0.25) is 0 Å². The lowest BCUT2D eigenvalue weighted by Crippen LogP contribution is -2.02. The third kappa shape index (κ3) is 2.78. The number of ether oxygens (including phenoxy) is 2. The van der Waals surface area contributed by atoms with Crippen LogP contribution in [-0.4, -0.2) is 23.9 Å². The van der Waals surface area contributed by atoms with Crippen molar-refractivity contribution in [3.8, 4) is 11.5 Å². The fourth-order valence-electron chi connectivity index (χ4n) is 2.43. The molecule has 1 aromatic carbocycles. The molecule has 1 saturated heterocycles. The van der Waals surface area contributed by atoms with E-state index in [1.165, 1.54) is 0 Å². The van der Waals surface area contributed by atoms with Gasteiger partial charge in [-0.2, -0.15) is 0 Å². The van der Waals surface area contributed by atoms with Crippen LogP contribution in [0.5, 0.6) is 11.5 Å². The van der Waals surface area contributed by atoms with Gasteiger partial charge in [-0.1, -0.05) is 26.0 Å². The Labute approximate surface area is 109 Å². The maximum atomic E-state index is 10.2. The van der Waals surface area contributed by atoms with E-state index in [4.69, 9.17) is 9.47 Å². The Balaban J connectivity index is 2.05. The molecule has 1 aromatic rings. The summed E-state index contributed by atoms with van der Waals surface area (Å²) in [6.45, 7) is 6.75. The second kappa shape index (κ2) is 5.61. The molecular weight excluding hydrogens is 228 g/mol. The molecule has 1 aliphatic rings. The van der Waals surface area contributed by atoms with Gasteiger partial charge in [-0.3, -0.25) is 0 Å². The number of epoxide rings is 1. The molecule has 0 radical (unpaired) electrons. The SMILES string of the molecule is CCOc1cccc(C(C)CC2OC2CC)c1O. The van der Waals surface area contributed by atoms with Gasteiger partial charge < -0.3 is 14.6 Å². The van der Waals surface area contributed by atoms with Crippen molar-refractivity contribution < 1.29 is 14.6 Å².